The van der Waals surface area contributed by atoms with Gasteiger partial charge in [0.1, 0.15) is 0 Å². The number of aliphatic hydroxyl groups excluding tert-OH is 1. The second-order valence-electron chi connectivity index (χ2n) is 4.97. The molecule has 0 fully saturated rings. The fourth-order valence-corrected chi connectivity index (χ4v) is 2.07. The highest BCUT2D eigenvalue weighted by molar-refractivity contribution is 5.51. The van der Waals surface area contributed by atoms with Crippen LogP contribution >= 0.6 is 0 Å². The molecule has 0 aliphatic carbocycles. The number of unbranched alkanes of at least 4 members (excludes halogenated alkanes) is 9. The van der Waals surface area contributed by atoms with Gasteiger partial charge in [-0.25, -0.2) is 0 Å². The molecule has 0 saturated carbocycles. The molecule has 0 aromatic rings. The zero-order valence-electron chi connectivity index (χ0n) is 11.4. The predicted octanol–water partition coefficient (Wildman–Crippen LogP) is 4.16. The molecule has 0 aromatic heterocycles. The summed E-state index contributed by atoms with van der Waals surface area (Å²) in [7, 11) is 0. The van der Waals surface area contributed by atoms with Gasteiger partial charge >= 0.3 is 0 Å². The number of carbonyl (C=O) groups excluding carboxylic acids is 1. The Kier molecular flexibility index (Phi) is 13.4. The van der Waals surface area contributed by atoms with Crippen molar-refractivity contribution >= 4 is 6.29 Å². The van der Waals surface area contributed by atoms with Gasteiger partial charge in [-0.15, -0.1) is 0 Å². The van der Waals surface area contributed by atoms with Crippen molar-refractivity contribution in [1.29, 1.82) is 0 Å². The van der Waals surface area contributed by atoms with Gasteiger partial charge in [0.15, 0.2) is 0 Å². The van der Waals surface area contributed by atoms with Crippen molar-refractivity contribution in [2.45, 2.75) is 90.1 Å². The Balaban J connectivity index is 3.00. The molecular formula is C15H29O2. The molecule has 0 heterocycles. The minimum Gasteiger partial charge on any atom is -0.393 e. The first-order valence-corrected chi connectivity index (χ1v) is 7.34. The molecule has 1 radical (unpaired) electrons. The Morgan fingerprint density at radius 2 is 1.35 bits per heavy atom. The summed E-state index contributed by atoms with van der Waals surface area (Å²) >= 11 is 0. The van der Waals surface area contributed by atoms with Crippen molar-refractivity contribution in [3.63, 3.8) is 0 Å². The quantitative estimate of drug-likeness (QED) is 0.492. The molecule has 0 amide bonds. The van der Waals surface area contributed by atoms with Crippen molar-refractivity contribution in [2.24, 2.45) is 0 Å². The summed E-state index contributed by atoms with van der Waals surface area (Å²) < 4.78 is 0. The van der Waals surface area contributed by atoms with Crippen molar-refractivity contribution in [3.8, 4) is 0 Å². The zero-order valence-corrected chi connectivity index (χ0v) is 11.4. The summed E-state index contributed by atoms with van der Waals surface area (Å²) in [6.45, 7) is 2.25. The first kappa shape index (κ1) is 16.6. The van der Waals surface area contributed by atoms with Gasteiger partial charge < -0.3 is 5.11 Å². The lowest BCUT2D eigenvalue weighted by atomic mass is 10.0. The van der Waals surface area contributed by atoms with E-state index in [4.69, 9.17) is 0 Å². The maximum Gasteiger partial charge on any atom is 0.201 e. The van der Waals surface area contributed by atoms with Gasteiger partial charge in [0.2, 0.25) is 6.29 Å². The molecule has 101 valence electrons. The van der Waals surface area contributed by atoms with E-state index in [0.29, 0.717) is 0 Å². The van der Waals surface area contributed by atoms with Gasteiger partial charge in [-0.3, -0.25) is 4.79 Å². The number of hydrogen-bond acceptors (Lipinski definition) is 2. The fraction of sp³-hybridized carbons (Fsp3) is 0.933. The first-order chi connectivity index (χ1) is 8.31. The third-order valence-corrected chi connectivity index (χ3v) is 3.21. The summed E-state index contributed by atoms with van der Waals surface area (Å²) in [5.74, 6) is 0. The van der Waals surface area contributed by atoms with Gasteiger partial charge in [0, 0.05) is 6.42 Å². The third-order valence-electron chi connectivity index (χ3n) is 3.21. The van der Waals surface area contributed by atoms with E-state index >= 15 is 0 Å². The van der Waals surface area contributed by atoms with Gasteiger partial charge in [0.05, 0.1) is 6.10 Å². The molecule has 1 atom stereocenters. The SMILES string of the molecule is CCCCCCCCCCCCC(O)C[C]=O. The highest BCUT2D eigenvalue weighted by Crippen LogP contribution is 2.12. The van der Waals surface area contributed by atoms with Crippen molar-refractivity contribution in [2.75, 3.05) is 0 Å². The number of hydrogen-bond donors (Lipinski definition) is 1. The molecule has 2 heteroatoms. The summed E-state index contributed by atoms with van der Waals surface area (Å²) in [6.07, 6.45) is 15.3. The molecule has 0 saturated heterocycles. The van der Waals surface area contributed by atoms with Crippen LogP contribution in [0.5, 0.6) is 0 Å². The molecule has 0 bridgehead atoms. The van der Waals surface area contributed by atoms with Crippen LogP contribution in [0.3, 0.4) is 0 Å². The van der Waals surface area contributed by atoms with Crippen molar-refractivity contribution in [1.82, 2.24) is 0 Å². The van der Waals surface area contributed by atoms with Crippen molar-refractivity contribution in [3.05, 3.63) is 0 Å². The third kappa shape index (κ3) is 13.6. The Hall–Kier alpha value is -0.370. The van der Waals surface area contributed by atoms with Crippen LogP contribution in [0.15, 0.2) is 0 Å². The fourth-order valence-electron chi connectivity index (χ4n) is 2.07. The van der Waals surface area contributed by atoms with Crippen molar-refractivity contribution < 1.29 is 9.90 Å². The molecular weight excluding hydrogens is 212 g/mol. The first-order valence-electron chi connectivity index (χ1n) is 7.34. The molecule has 2 nitrogen and oxygen atoms in total. The number of aliphatic hydroxyl groups is 1. The monoisotopic (exact) mass is 241 g/mol. The van der Waals surface area contributed by atoms with Crippen LogP contribution in [-0.4, -0.2) is 17.5 Å². The van der Waals surface area contributed by atoms with E-state index in [0.717, 1.165) is 12.8 Å². The maximum absolute atomic E-state index is 10.0. The van der Waals surface area contributed by atoms with Crippen LogP contribution < -0.4 is 0 Å². The minimum atomic E-state index is -0.457. The Bertz CT molecular complexity index is 157. The highest BCUT2D eigenvalue weighted by atomic mass is 16.3. The van der Waals surface area contributed by atoms with E-state index in [2.05, 4.69) is 6.92 Å². The molecule has 17 heavy (non-hydrogen) atoms. The van der Waals surface area contributed by atoms with E-state index in [-0.39, 0.29) is 6.42 Å². The van der Waals surface area contributed by atoms with E-state index in [1.165, 1.54) is 57.8 Å². The average molecular weight is 241 g/mol. The molecule has 0 rings (SSSR count). The summed E-state index contributed by atoms with van der Waals surface area (Å²) in [5.41, 5.74) is 0. The van der Waals surface area contributed by atoms with Gasteiger partial charge in [-0.05, 0) is 6.42 Å². The van der Waals surface area contributed by atoms with E-state index in [9.17, 15) is 9.90 Å². The second kappa shape index (κ2) is 13.7. The molecule has 1 unspecified atom stereocenters. The lowest BCUT2D eigenvalue weighted by molar-refractivity contribution is 0.167. The molecule has 0 aromatic carbocycles. The summed E-state index contributed by atoms with van der Waals surface area (Å²) in [6, 6.07) is 0. The van der Waals surface area contributed by atoms with Crippen LogP contribution in [0.2, 0.25) is 0 Å². The largest absolute Gasteiger partial charge is 0.393 e. The number of rotatable bonds is 13. The normalized spacial score (nSPS) is 12.6. The minimum absolute atomic E-state index is 0.178. The molecule has 0 spiro atoms. The highest BCUT2D eigenvalue weighted by Gasteiger charge is 2.02. The molecule has 1 N–H and O–H groups in total. The van der Waals surface area contributed by atoms with E-state index in [1.54, 1.807) is 6.29 Å². The lowest BCUT2D eigenvalue weighted by Crippen LogP contribution is -2.06. The van der Waals surface area contributed by atoms with Gasteiger partial charge in [-0.1, -0.05) is 71.1 Å². The van der Waals surface area contributed by atoms with Gasteiger partial charge in [-0.2, -0.15) is 0 Å². The standard InChI is InChI=1S/C15H29O2/c1-2-3-4-5-6-7-8-9-10-11-12-15(17)13-14-16/h15,17H,2-13H2,1H3. The van der Waals surface area contributed by atoms with Crippen LogP contribution in [0.4, 0.5) is 0 Å². The van der Waals surface area contributed by atoms with Gasteiger partial charge in [0.25, 0.3) is 0 Å². The van der Waals surface area contributed by atoms with Crippen LogP contribution in [-0.2, 0) is 4.79 Å². The van der Waals surface area contributed by atoms with Crippen LogP contribution in [0.25, 0.3) is 0 Å². The summed E-state index contributed by atoms with van der Waals surface area (Å²) in [5, 5.41) is 9.31. The average Bonchev–Trinajstić information content (AvgIpc) is 2.32. The topological polar surface area (TPSA) is 37.3 Å². The Labute approximate surface area is 107 Å². The summed E-state index contributed by atoms with van der Waals surface area (Å²) in [4.78, 5) is 10.0. The molecule has 0 aliphatic heterocycles. The zero-order chi connectivity index (χ0) is 12.8. The Morgan fingerprint density at radius 3 is 1.82 bits per heavy atom. The van der Waals surface area contributed by atoms with Crippen LogP contribution in [0, 0.1) is 0 Å². The van der Waals surface area contributed by atoms with E-state index in [1.807, 2.05) is 0 Å². The van der Waals surface area contributed by atoms with E-state index < -0.39 is 6.10 Å². The Morgan fingerprint density at radius 1 is 0.882 bits per heavy atom. The second-order valence-corrected chi connectivity index (χ2v) is 4.97. The lowest BCUT2D eigenvalue weighted by Gasteiger charge is -2.06. The molecule has 0 aliphatic rings. The maximum atomic E-state index is 10.0. The van der Waals surface area contributed by atoms with Crippen LogP contribution in [0.1, 0.15) is 84.0 Å². The predicted molar refractivity (Wildman–Crippen MR) is 72.8 cm³/mol. The smallest absolute Gasteiger partial charge is 0.201 e.